The molecule has 0 aliphatic carbocycles. The lowest BCUT2D eigenvalue weighted by atomic mass is 10.0. The lowest BCUT2D eigenvalue weighted by Gasteiger charge is -2.05. The van der Waals surface area contributed by atoms with Crippen molar-refractivity contribution >= 4 is 5.97 Å². The molecule has 100 valence electrons. The summed E-state index contributed by atoms with van der Waals surface area (Å²) in [6, 6.07) is 6.37. The third kappa shape index (κ3) is 3.68. The van der Waals surface area contributed by atoms with Gasteiger partial charge in [-0.1, -0.05) is 23.8 Å². The van der Waals surface area contributed by atoms with Crippen molar-refractivity contribution in [3.05, 3.63) is 52.6 Å². The Balaban J connectivity index is 2.07. The molecule has 0 radical (unpaired) electrons. The van der Waals surface area contributed by atoms with Gasteiger partial charge >= 0.3 is 5.97 Å². The molecule has 2 aromatic rings. The Morgan fingerprint density at radius 3 is 2.89 bits per heavy atom. The van der Waals surface area contributed by atoms with E-state index in [1.165, 1.54) is 16.7 Å². The number of benzene rings is 1. The van der Waals surface area contributed by atoms with E-state index in [9.17, 15) is 4.79 Å². The molecule has 4 heteroatoms. The molecule has 0 bridgehead atoms. The molecule has 2 rings (SSSR count). The molecular weight excluding hydrogens is 240 g/mol. The van der Waals surface area contributed by atoms with Gasteiger partial charge in [0.2, 0.25) is 0 Å². The largest absolute Gasteiger partial charge is 0.481 e. The van der Waals surface area contributed by atoms with Crippen LogP contribution in [0.25, 0.3) is 0 Å². The van der Waals surface area contributed by atoms with Crippen LogP contribution in [0.3, 0.4) is 0 Å². The molecule has 0 amide bonds. The van der Waals surface area contributed by atoms with E-state index in [2.05, 4.69) is 42.0 Å². The zero-order chi connectivity index (χ0) is 13.8. The molecule has 0 spiro atoms. The molecule has 0 aliphatic rings. The Morgan fingerprint density at radius 2 is 2.16 bits per heavy atom. The number of rotatable bonds is 5. The van der Waals surface area contributed by atoms with Crippen molar-refractivity contribution in [1.29, 1.82) is 0 Å². The van der Waals surface area contributed by atoms with Gasteiger partial charge in [0.1, 0.15) is 5.82 Å². The van der Waals surface area contributed by atoms with Crippen LogP contribution in [-0.4, -0.2) is 21.0 Å². The highest BCUT2D eigenvalue weighted by Gasteiger charge is 2.06. The Labute approximate surface area is 112 Å². The molecule has 0 aliphatic heterocycles. The molecule has 0 saturated heterocycles. The zero-order valence-electron chi connectivity index (χ0n) is 11.2. The van der Waals surface area contributed by atoms with Crippen LogP contribution >= 0.6 is 0 Å². The van der Waals surface area contributed by atoms with Crippen molar-refractivity contribution < 1.29 is 9.90 Å². The zero-order valence-corrected chi connectivity index (χ0v) is 11.2. The monoisotopic (exact) mass is 258 g/mol. The number of aryl methyl sites for hydroxylation is 3. The molecule has 19 heavy (non-hydrogen) atoms. The molecule has 2 N–H and O–H groups in total. The number of aromatic nitrogens is 2. The number of carboxylic acids is 1. The second kappa shape index (κ2) is 5.69. The summed E-state index contributed by atoms with van der Waals surface area (Å²) in [6.07, 6.45) is 3.10. The maximum atomic E-state index is 10.5. The van der Waals surface area contributed by atoms with E-state index in [1.807, 2.05) is 0 Å². The lowest BCUT2D eigenvalue weighted by molar-refractivity contribution is -0.136. The number of hydrogen-bond acceptors (Lipinski definition) is 2. The highest BCUT2D eigenvalue weighted by molar-refractivity contribution is 5.66. The van der Waals surface area contributed by atoms with Gasteiger partial charge in [0.25, 0.3) is 0 Å². The molecule has 0 saturated carbocycles. The first-order chi connectivity index (χ1) is 9.04. The van der Waals surface area contributed by atoms with E-state index in [1.54, 1.807) is 6.20 Å². The minimum atomic E-state index is -0.786. The molecule has 0 unspecified atom stereocenters. The minimum absolute atomic E-state index is 0.130. The predicted octanol–water partition coefficient (Wildman–Crippen LogP) is 2.63. The summed E-state index contributed by atoms with van der Waals surface area (Å²) in [4.78, 5) is 18.0. The van der Waals surface area contributed by atoms with Crippen molar-refractivity contribution in [2.24, 2.45) is 0 Å². The number of imidazole rings is 1. The molecule has 1 aromatic heterocycles. The van der Waals surface area contributed by atoms with Gasteiger partial charge in [-0.2, -0.15) is 0 Å². The Bertz CT molecular complexity index is 588. The quantitative estimate of drug-likeness (QED) is 0.866. The van der Waals surface area contributed by atoms with Crippen LogP contribution < -0.4 is 0 Å². The number of carbonyl (C=O) groups is 1. The smallest absolute Gasteiger partial charge is 0.303 e. The summed E-state index contributed by atoms with van der Waals surface area (Å²) in [5.74, 6) is 0.0970. The topological polar surface area (TPSA) is 66.0 Å². The second-order valence-electron chi connectivity index (χ2n) is 4.86. The summed E-state index contributed by atoms with van der Waals surface area (Å²) in [5, 5.41) is 8.65. The van der Waals surface area contributed by atoms with Gasteiger partial charge < -0.3 is 10.1 Å². The highest BCUT2D eigenvalue weighted by Crippen LogP contribution is 2.14. The first kappa shape index (κ1) is 13.3. The van der Waals surface area contributed by atoms with Crippen molar-refractivity contribution in [3.63, 3.8) is 0 Å². The molecule has 0 fully saturated rings. The van der Waals surface area contributed by atoms with Gasteiger partial charge in [0.05, 0.1) is 6.42 Å². The van der Waals surface area contributed by atoms with Crippen LogP contribution in [-0.2, 0) is 17.6 Å². The normalized spacial score (nSPS) is 10.6. The first-order valence-electron chi connectivity index (χ1n) is 6.35. The molecule has 1 heterocycles. The fourth-order valence-electron chi connectivity index (χ4n) is 2.04. The number of nitrogens with one attached hydrogen (secondary N) is 1. The number of hydrogen-bond donors (Lipinski definition) is 2. The Morgan fingerprint density at radius 1 is 1.37 bits per heavy atom. The highest BCUT2D eigenvalue weighted by atomic mass is 16.4. The minimum Gasteiger partial charge on any atom is -0.481 e. The molecule has 4 nitrogen and oxygen atoms in total. The van der Waals surface area contributed by atoms with E-state index in [0.717, 1.165) is 17.9 Å². The van der Waals surface area contributed by atoms with Gasteiger partial charge in [-0.3, -0.25) is 4.79 Å². The summed E-state index contributed by atoms with van der Waals surface area (Å²) in [6.45, 7) is 4.16. The number of carboxylic acid groups (broad SMARTS) is 1. The van der Waals surface area contributed by atoms with Crippen LogP contribution in [0.5, 0.6) is 0 Å². The van der Waals surface area contributed by atoms with Crippen LogP contribution in [0.1, 0.15) is 34.6 Å². The maximum absolute atomic E-state index is 10.5. The average molecular weight is 258 g/mol. The standard InChI is InChI=1S/C15H18N2O2/c1-10-3-4-11(2)12(7-10)8-14-16-9-13(17-14)5-6-15(18)19/h3-4,7,9H,5-6,8H2,1-2H3,(H,16,17)(H,18,19). The summed E-state index contributed by atoms with van der Waals surface area (Å²) in [5.41, 5.74) is 4.61. The number of H-pyrrole nitrogens is 1. The third-order valence-electron chi connectivity index (χ3n) is 3.15. The second-order valence-corrected chi connectivity index (χ2v) is 4.86. The van der Waals surface area contributed by atoms with Crippen LogP contribution in [0.4, 0.5) is 0 Å². The predicted molar refractivity (Wildman–Crippen MR) is 73.3 cm³/mol. The average Bonchev–Trinajstić information content (AvgIpc) is 2.79. The van der Waals surface area contributed by atoms with E-state index in [0.29, 0.717) is 6.42 Å². The summed E-state index contributed by atoms with van der Waals surface area (Å²) < 4.78 is 0. The van der Waals surface area contributed by atoms with E-state index in [-0.39, 0.29) is 6.42 Å². The Hall–Kier alpha value is -2.10. The molecule has 0 atom stereocenters. The van der Waals surface area contributed by atoms with Gasteiger partial charge in [-0.15, -0.1) is 0 Å². The number of aliphatic carboxylic acids is 1. The lowest BCUT2D eigenvalue weighted by Crippen LogP contribution is -1.98. The van der Waals surface area contributed by atoms with Crippen LogP contribution in [0.15, 0.2) is 24.4 Å². The maximum Gasteiger partial charge on any atom is 0.303 e. The molecular formula is C15H18N2O2. The van der Waals surface area contributed by atoms with E-state index >= 15 is 0 Å². The third-order valence-corrected chi connectivity index (χ3v) is 3.15. The fraction of sp³-hybridized carbons (Fsp3) is 0.333. The van der Waals surface area contributed by atoms with E-state index in [4.69, 9.17) is 5.11 Å². The van der Waals surface area contributed by atoms with Crippen LogP contribution in [0, 0.1) is 13.8 Å². The van der Waals surface area contributed by atoms with Crippen molar-refractivity contribution in [2.45, 2.75) is 33.1 Å². The van der Waals surface area contributed by atoms with Gasteiger partial charge in [0.15, 0.2) is 0 Å². The SMILES string of the molecule is Cc1ccc(C)c(Cc2ncc(CCC(=O)O)[nH]2)c1. The molecule has 1 aromatic carbocycles. The summed E-state index contributed by atoms with van der Waals surface area (Å²) in [7, 11) is 0. The van der Waals surface area contributed by atoms with Crippen molar-refractivity contribution in [3.8, 4) is 0 Å². The number of aromatic amines is 1. The number of nitrogens with zero attached hydrogens (tertiary/aromatic N) is 1. The first-order valence-corrected chi connectivity index (χ1v) is 6.35. The summed E-state index contributed by atoms with van der Waals surface area (Å²) >= 11 is 0. The van der Waals surface area contributed by atoms with Crippen LogP contribution in [0.2, 0.25) is 0 Å². The van der Waals surface area contributed by atoms with Gasteiger partial charge in [-0.05, 0) is 31.4 Å². The van der Waals surface area contributed by atoms with Crippen molar-refractivity contribution in [1.82, 2.24) is 9.97 Å². The Kier molecular flexibility index (Phi) is 4.00. The van der Waals surface area contributed by atoms with E-state index < -0.39 is 5.97 Å². The fourth-order valence-corrected chi connectivity index (χ4v) is 2.04. The van der Waals surface area contributed by atoms with Gasteiger partial charge in [-0.25, -0.2) is 4.98 Å². The van der Waals surface area contributed by atoms with Gasteiger partial charge in [0, 0.05) is 18.3 Å². The van der Waals surface area contributed by atoms with Crippen molar-refractivity contribution in [2.75, 3.05) is 0 Å².